The largest absolute Gasteiger partial charge is 0.372 e. The van der Waals surface area contributed by atoms with Crippen molar-refractivity contribution >= 4 is 5.82 Å². The summed E-state index contributed by atoms with van der Waals surface area (Å²) in [5.41, 5.74) is 1.30. The zero-order valence-electron chi connectivity index (χ0n) is 13.1. The summed E-state index contributed by atoms with van der Waals surface area (Å²) in [7, 11) is 0. The van der Waals surface area contributed by atoms with Gasteiger partial charge >= 0.3 is 0 Å². The molecule has 0 aliphatic carbocycles. The van der Waals surface area contributed by atoms with Crippen LogP contribution in [0.25, 0.3) is 0 Å². The molecule has 0 amide bonds. The maximum absolute atomic E-state index is 5.79. The second-order valence-electron chi connectivity index (χ2n) is 5.79. The number of morpholine rings is 1. The van der Waals surface area contributed by atoms with Crippen molar-refractivity contribution in [2.24, 2.45) is 0 Å². The minimum absolute atomic E-state index is 0.264. The number of nitrogens with zero attached hydrogens (tertiary/aromatic N) is 2. The molecule has 0 aromatic carbocycles. The van der Waals surface area contributed by atoms with Crippen molar-refractivity contribution in [1.29, 1.82) is 0 Å². The summed E-state index contributed by atoms with van der Waals surface area (Å²) < 4.78 is 5.79. The first-order valence-electron chi connectivity index (χ1n) is 7.70. The molecule has 3 atom stereocenters. The van der Waals surface area contributed by atoms with E-state index in [4.69, 9.17) is 4.74 Å². The van der Waals surface area contributed by atoms with Crippen LogP contribution in [-0.2, 0) is 4.74 Å². The van der Waals surface area contributed by atoms with Crippen LogP contribution in [0.15, 0.2) is 18.3 Å². The van der Waals surface area contributed by atoms with Crippen LogP contribution in [0.4, 0.5) is 5.82 Å². The fourth-order valence-electron chi connectivity index (χ4n) is 2.72. The minimum atomic E-state index is 0.264. The van der Waals surface area contributed by atoms with Crippen LogP contribution in [0.1, 0.15) is 45.7 Å². The molecule has 1 aromatic rings. The summed E-state index contributed by atoms with van der Waals surface area (Å²) in [5.74, 6) is 1.06. The zero-order chi connectivity index (χ0) is 14.5. The van der Waals surface area contributed by atoms with Gasteiger partial charge in [0, 0.05) is 25.3 Å². The highest BCUT2D eigenvalue weighted by atomic mass is 16.5. The van der Waals surface area contributed by atoms with Crippen molar-refractivity contribution in [3.63, 3.8) is 0 Å². The van der Waals surface area contributed by atoms with E-state index in [1.807, 2.05) is 6.20 Å². The first-order valence-corrected chi connectivity index (χ1v) is 7.70. The average Bonchev–Trinajstić information content (AvgIpc) is 2.44. The van der Waals surface area contributed by atoms with Gasteiger partial charge < -0.3 is 15.0 Å². The molecule has 0 bridgehead atoms. The predicted octanol–water partition coefficient (Wildman–Crippen LogP) is 2.76. The molecular weight excluding hydrogens is 250 g/mol. The van der Waals surface area contributed by atoms with E-state index >= 15 is 0 Å². The van der Waals surface area contributed by atoms with Gasteiger partial charge in [-0.2, -0.15) is 0 Å². The lowest BCUT2D eigenvalue weighted by molar-refractivity contribution is -0.00546. The number of hydrogen-bond donors (Lipinski definition) is 1. The van der Waals surface area contributed by atoms with Crippen molar-refractivity contribution in [3.8, 4) is 0 Å². The van der Waals surface area contributed by atoms with Crippen molar-refractivity contribution in [2.45, 2.75) is 52.4 Å². The van der Waals surface area contributed by atoms with Gasteiger partial charge in [-0.3, -0.25) is 0 Å². The van der Waals surface area contributed by atoms with E-state index in [1.165, 1.54) is 5.56 Å². The molecule has 1 aliphatic rings. The highest BCUT2D eigenvalue weighted by Gasteiger charge is 2.23. The Balaban J connectivity index is 2.08. The molecule has 1 N–H and O–H groups in total. The number of rotatable bonds is 5. The number of anilines is 1. The number of ether oxygens (including phenoxy) is 1. The lowest BCUT2D eigenvalue weighted by Crippen LogP contribution is -2.45. The van der Waals surface area contributed by atoms with E-state index in [9.17, 15) is 0 Å². The molecule has 0 radical (unpaired) electrons. The Bertz CT molecular complexity index is 414. The van der Waals surface area contributed by atoms with E-state index in [0.29, 0.717) is 6.04 Å². The molecule has 4 nitrogen and oxygen atoms in total. The second kappa shape index (κ2) is 7.04. The molecule has 112 valence electrons. The van der Waals surface area contributed by atoms with Gasteiger partial charge in [-0.15, -0.1) is 0 Å². The Hall–Kier alpha value is -1.13. The van der Waals surface area contributed by atoms with Gasteiger partial charge in [0.05, 0.1) is 12.2 Å². The van der Waals surface area contributed by atoms with Crippen molar-refractivity contribution in [2.75, 3.05) is 24.5 Å². The molecule has 1 aliphatic heterocycles. The van der Waals surface area contributed by atoms with Crippen molar-refractivity contribution < 1.29 is 4.74 Å². The maximum atomic E-state index is 5.79. The molecule has 1 aromatic heterocycles. The monoisotopic (exact) mass is 277 g/mol. The van der Waals surface area contributed by atoms with Crippen LogP contribution in [0.2, 0.25) is 0 Å². The van der Waals surface area contributed by atoms with Gasteiger partial charge in [-0.25, -0.2) is 4.98 Å². The van der Waals surface area contributed by atoms with E-state index in [1.54, 1.807) is 0 Å². The van der Waals surface area contributed by atoms with Gasteiger partial charge in [-0.1, -0.05) is 6.92 Å². The van der Waals surface area contributed by atoms with Crippen molar-refractivity contribution in [3.05, 3.63) is 23.9 Å². The van der Waals surface area contributed by atoms with Crippen LogP contribution >= 0.6 is 0 Å². The van der Waals surface area contributed by atoms with Crippen molar-refractivity contribution in [1.82, 2.24) is 10.3 Å². The molecular formula is C16H27N3O. The Kier molecular flexibility index (Phi) is 5.38. The van der Waals surface area contributed by atoms with Crippen LogP contribution in [0, 0.1) is 0 Å². The molecule has 20 heavy (non-hydrogen) atoms. The Morgan fingerprint density at radius 2 is 2.10 bits per heavy atom. The zero-order valence-corrected chi connectivity index (χ0v) is 13.1. The third-order valence-electron chi connectivity index (χ3n) is 3.71. The molecule has 0 spiro atoms. The molecule has 3 unspecified atom stereocenters. The fourth-order valence-corrected chi connectivity index (χ4v) is 2.72. The SMILES string of the molecule is CCCNC(C)c1ccnc(N2CC(C)OC(C)C2)c1. The quantitative estimate of drug-likeness (QED) is 0.898. The Morgan fingerprint density at radius 3 is 2.75 bits per heavy atom. The molecule has 2 heterocycles. The smallest absolute Gasteiger partial charge is 0.128 e. The number of hydrogen-bond acceptors (Lipinski definition) is 4. The van der Waals surface area contributed by atoms with E-state index in [2.05, 4.69) is 55.0 Å². The van der Waals surface area contributed by atoms with Gasteiger partial charge in [-0.05, 0) is 51.4 Å². The molecule has 4 heteroatoms. The van der Waals surface area contributed by atoms with Gasteiger partial charge in [0.1, 0.15) is 5.82 Å². The third-order valence-corrected chi connectivity index (χ3v) is 3.71. The summed E-state index contributed by atoms with van der Waals surface area (Å²) in [6.07, 6.45) is 3.60. The van der Waals surface area contributed by atoms with Gasteiger partial charge in [0.15, 0.2) is 0 Å². The molecule has 1 fully saturated rings. The summed E-state index contributed by atoms with van der Waals surface area (Å²) in [6.45, 7) is 11.5. The second-order valence-corrected chi connectivity index (χ2v) is 5.79. The van der Waals surface area contributed by atoms with E-state index in [0.717, 1.165) is 31.9 Å². The lowest BCUT2D eigenvalue weighted by atomic mass is 10.1. The number of aromatic nitrogens is 1. The molecule has 0 saturated carbocycles. The van der Waals surface area contributed by atoms with Crippen LogP contribution in [0.3, 0.4) is 0 Å². The minimum Gasteiger partial charge on any atom is -0.372 e. The number of pyridine rings is 1. The third kappa shape index (κ3) is 3.93. The van der Waals surface area contributed by atoms with Crippen LogP contribution < -0.4 is 10.2 Å². The van der Waals surface area contributed by atoms with E-state index < -0.39 is 0 Å². The number of nitrogens with one attached hydrogen (secondary N) is 1. The first-order chi connectivity index (χ1) is 9.60. The predicted molar refractivity (Wildman–Crippen MR) is 83.2 cm³/mol. The van der Waals surface area contributed by atoms with Crippen LogP contribution in [-0.4, -0.2) is 36.8 Å². The highest BCUT2D eigenvalue weighted by molar-refractivity contribution is 5.42. The van der Waals surface area contributed by atoms with Gasteiger partial charge in [0.25, 0.3) is 0 Å². The molecule has 1 saturated heterocycles. The summed E-state index contributed by atoms with van der Waals surface area (Å²) in [6, 6.07) is 4.68. The Labute approximate surface area is 122 Å². The average molecular weight is 277 g/mol. The van der Waals surface area contributed by atoms with Gasteiger partial charge in [0.2, 0.25) is 0 Å². The lowest BCUT2D eigenvalue weighted by Gasteiger charge is -2.36. The summed E-state index contributed by atoms with van der Waals surface area (Å²) >= 11 is 0. The summed E-state index contributed by atoms with van der Waals surface area (Å²) in [5, 5.41) is 3.53. The Morgan fingerprint density at radius 1 is 1.40 bits per heavy atom. The van der Waals surface area contributed by atoms with Crippen LogP contribution in [0.5, 0.6) is 0 Å². The highest BCUT2D eigenvalue weighted by Crippen LogP contribution is 2.21. The van der Waals surface area contributed by atoms with E-state index in [-0.39, 0.29) is 12.2 Å². The molecule has 2 rings (SSSR count). The fraction of sp³-hybridized carbons (Fsp3) is 0.688. The first kappa shape index (κ1) is 15.3. The topological polar surface area (TPSA) is 37.4 Å². The maximum Gasteiger partial charge on any atom is 0.128 e. The normalized spacial score (nSPS) is 24.7. The summed E-state index contributed by atoms with van der Waals surface area (Å²) in [4.78, 5) is 6.87. The standard InChI is InChI=1S/C16H27N3O/c1-5-7-17-14(4)15-6-8-18-16(9-15)19-10-12(2)20-13(3)11-19/h6,8-9,12-14,17H,5,7,10-11H2,1-4H3.